The second-order valence-corrected chi connectivity index (χ2v) is 7.70. The van der Waals surface area contributed by atoms with Crippen LogP contribution in [-0.2, 0) is 4.74 Å². The maximum absolute atomic E-state index is 12.7. The molecule has 0 unspecified atom stereocenters. The van der Waals surface area contributed by atoms with Crippen LogP contribution in [-0.4, -0.2) is 53.4 Å². The van der Waals surface area contributed by atoms with Crippen LogP contribution >= 0.6 is 11.3 Å². The fourth-order valence-electron chi connectivity index (χ4n) is 3.38. The van der Waals surface area contributed by atoms with Gasteiger partial charge in [0.25, 0.3) is 11.5 Å². The summed E-state index contributed by atoms with van der Waals surface area (Å²) in [6.45, 7) is 3.28. The van der Waals surface area contributed by atoms with Crippen LogP contribution in [0.15, 0.2) is 22.6 Å². The fourth-order valence-corrected chi connectivity index (χ4v) is 4.29. The number of carbonyl (C=O) groups is 1. The van der Waals surface area contributed by atoms with Crippen molar-refractivity contribution in [3.63, 3.8) is 0 Å². The minimum atomic E-state index is -0.426. The zero-order chi connectivity index (χ0) is 18.6. The van der Waals surface area contributed by atoms with Crippen molar-refractivity contribution in [1.82, 2.24) is 19.9 Å². The molecule has 0 saturated carbocycles. The summed E-state index contributed by atoms with van der Waals surface area (Å²) in [5.41, 5.74) is 0.996. The van der Waals surface area contributed by atoms with Gasteiger partial charge in [0, 0.05) is 25.8 Å². The maximum Gasteiger partial charge on any atom is 0.288 e. The summed E-state index contributed by atoms with van der Waals surface area (Å²) in [5.74, 6) is -0.390. The maximum atomic E-state index is 12.7. The number of anilines is 1. The molecular weight excluding hydrogens is 366 g/mol. The molecule has 8 nitrogen and oxygen atoms in total. The largest absolute Gasteiger partial charge is 0.378 e. The molecule has 2 aliphatic rings. The predicted octanol–water partition coefficient (Wildman–Crippen LogP) is 1.61. The van der Waals surface area contributed by atoms with E-state index in [1.807, 2.05) is 0 Å². The topological polar surface area (TPSA) is 88.8 Å². The van der Waals surface area contributed by atoms with Crippen LogP contribution in [0.5, 0.6) is 0 Å². The number of hydrogen-bond acceptors (Lipinski definition) is 7. The number of aromatic nitrogens is 3. The van der Waals surface area contributed by atoms with Gasteiger partial charge < -0.3 is 15.0 Å². The molecule has 144 valence electrons. The number of nitrogens with one attached hydrogen (secondary N) is 1. The van der Waals surface area contributed by atoms with Gasteiger partial charge in [0.1, 0.15) is 5.56 Å². The van der Waals surface area contributed by atoms with Crippen LogP contribution in [0.4, 0.5) is 5.13 Å². The second kappa shape index (κ2) is 8.18. The smallest absolute Gasteiger partial charge is 0.288 e. The van der Waals surface area contributed by atoms with E-state index in [4.69, 9.17) is 4.74 Å². The molecule has 1 aliphatic carbocycles. The van der Waals surface area contributed by atoms with Crippen LogP contribution in [0.25, 0.3) is 4.96 Å². The molecule has 0 atom stereocenters. The third kappa shape index (κ3) is 4.03. The Bertz CT molecular complexity index is 913. The predicted molar refractivity (Wildman–Crippen MR) is 104 cm³/mol. The van der Waals surface area contributed by atoms with Crippen molar-refractivity contribution >= 4 is 27.3 Å². The molecule has 9 heteroatoms. The molecule has 27 heavy (non-hydrogen) atoms. The normalized spacial score (nSPS) is 17.8. The lowest BCUT2D eigenvalue weighted by Crippen LogP contribution is -2.36. The lowest BCUT2D eigenvalue weighted by atomic mass is 9.97. The molecule has 1 amide bonds. The van der Waals surface area contributed by atoms with Crippen LogP contribution in [0.1, 0.15) is 42.5 Å². The van der Waals surface area contributed by atoms with Crippen LogP contribution in [0, 0.1) is 0 Å². The first-order valence-corrected chi connectivity index (χ1v) is 10.2. The molecule has 4 rings (SSSR count). The highest BCUT2D eigenvalue weighted by atomic mass is 32.1. The minimum Gasteiger partial charge on any atom is -0.378 e. The van der Waals surface area contributed by atoms with Crippen molar-refractivity contribution in [2.75, 3.05) is 37.7 Å². The summed E-state index contributed by atoms with van der Waals surface area (Å²) >= 11 is 1.35. The Kier molecular flexibility index (Phi) is 5.49. The number of ether oxygens (including phenoxy) is 1. The summed E-state index contributed by atoms with van der Waals surface area (Å²) in [4.78, 5) is 31.9. The minimum absolute atomic E-state index is 0.0314. The van der Waals surface area contributed by atoms with Crippen molar-refractivity contribution in [2.45, 2.75) is 32.1 Å². The Morgan fingerprint density at radius 3 is 2.93 bits per heavy atom. The van der Waals surface area contributed by atoms with E-state index in [1.54, 1.807) is 0 Å². The van der Waals surface area contributed by atoms with Gasteiger partial charge in [0.2, 0.25) is 10.1 Å². The second-order valence-electron chi connectivity index (χ2n) is 6.77. The first kappa shape index (κ1) is 18.1. The first-order chi connectivity index (χ1) is 13.2. The highest BCUT2D eigenvalue weighted by Gasteiger charge is 2.19. The summed E-state index contributed by atoms with van der Waals surface area (Å²) < 4.78 is 6.58. The van der Waals surface area contributed by atoms with E-state index in [2.05, 4.69) is 26.4 Å². The van der Waals surface area contributed by atoms with Crippen molar-refractivity contribution in [3.8, 4) is 0 Å². The van der Waals surface area contributed by atoms with Gasteiger partial charge in [-0.2, -0.15) is 4.52 Å². The summed E-state index contributed by atoms with van der Waals surface area (Å²) in [5, 5.41) is 7.94. The van der Waals surface area contributed by atoms with E-state index in [1.165, 1.54) is 40.5 Å². The lowest BCUT2D eigenvalue weighted by Gasteiger charge is -2.25. The molecule has 1 saturated heterocycles. The molecule has 2 aromatic heterocycles. The molecule has 1 aliphatic heterocycles. The average molecular weight is 389 g/mol. The molecule has 0 spiro atoms. The Morgan fingerprint density at radius 2 is 2.15 bits per heavy atom. The number of fused-ring (bicyclic) bond motifs is 1. The van der Waals surface area contributed by atoms with Gasteiger partial charge in [-0.25, -0.2) is 4.98 Å². The number of rotatable bonds is 5. The summed E-state index contributed by atoms with van der Waals surface area (Å²) in [6.07, 6.45) is 9.15. The Balaban J connectivity index is 1.46. The molecule has 0 aromatic carbocycles. The zero-order valence-electron chi connectivity index (χ0n) is 15.1. The van der Waals surface area contributed by atoms with Gasteiger partial charge in [0.05, 0.1) is 13.2 Å². The van der Waals surface area contributed by atoms with E-state index in [9.17, 15) is 9.59 Å². The molecule has 0 bridgehead atoms. The van der Waals surface area contributed by atoms with Gasteiger partial charge in [0.15, 0.2) is 0 Å². The van der Waals surface area contributed by atoms with Crippen molar-refractivity contribution in [1.29, 1.82) is 0 Å². The quantitative estimate of drug-likeness (QED) is 0.782. The molecule has 3 heterocycles. The van der Waals surface area contributed by atoms with Gasteiger partial charge in [-0.3, -0.25) is 9.59 Å². The van der Waals surface area contributed by atoms with E-state index in [0.29, 0.717) is 24.7 Å². The van der Waals surface area contributed by atoms with Gasteiger partial charge in [-0.1, -0.05) is 23.0 Å². The van der Waals surface area contributed by atoms with Gasteiger partial charge in [-0.05, 0) is 32.1 Å². The Morgan fingerprint density at radius 1 is 1.30 bits per heavy atom. The molecule has 1 fully saturated rings. The van der Waals surface area contributed by atoms with Crippen molar-refractivity contribution in [2.24, 2.45) is 0 Å². The van der Waals surface area contributed by atoms with Crippen LogP contribution < -0.4 is 15.8 Å². The van der Waals surface area contributed by atoms with E-state index < -0.39 is 5.56 Å². The first-order valence-electron chi connectivity index (χ1n) is 9.40. The summed E-state index contributed by atoms with van der Waals surface area (Å²) in [6, 6.07) is 0. The highest BCUT2D eigenvalue weighted by molar-refractivity contribution is 7.20. The van der Waals surface area contributed by atoms with E-state index in [-0.39, 0.29) is 11.5 Å². The van der Waals surface area contributed by atoms with Crippen LogP contribution in [0.2, 0.25) is 0 Å². The lowest BCUT2D eigenvalue weighted by molar-refractivity contribution is 0.0952. The van der Waals surface area contributed by atoms with Crippen molar-refractivity contribution < 1.29 is 9.53 Å². The Hall–Kier alpha value is -2.26. The van der Waals surface area contributed by atoms with Gasteiger partial charge >= 0.3 is 0 Å². The number of nitrogens with zero attached hydrogens (tertiary/aromatic N) is 4. The number of hydrogen-bond donors (Lipinski definition) is 1. The third-order valence-corrected chi connectivity index (χ3v) is 5.90. The van der Waals surface area contributed by atoms with Crippen LogP contribution in [0.3, 0.4) is 0 Å². The number of morpholine rings is 1. The molecule has 0 radical (unpaired) electrons. The van der Waals surface area contributed by atoms with E-state index >= 15 is 0 Å². The van der Waals surface area contributed by atoms with Crippen molar-refractivity contribution in [3.05, 3.63) is 33.8 Å². The van der Waals surface area contributed by atoms with Gasteiger partial charge in [-0.15, -0.1) is 5.10 Å². The third-order valence-electron chi connectivity index (χ3n) is 4.92. The fraction of sp³-hybridized carbons (Fsp3) is 0.556. The highest BCUT2D eigenvalue weighted by Crippen LogP contribution is 2.22. The zero-order valence-corrected chi connectivity index (χ0v) is 16.0. The summed E-state index contributed by atoms with van der Waals surface area (Å²) in [7, 11) is 0. The molecular formula is C18H23N5O3S. The Labute approximate surface area is 160 Å². The molecule has 2 aromatic rings. The number of carbonyl (C=O) groups excluding carboxylic acids is 1. The monoisotopic (exact) mass is 389 g/mol. The number of amides is 1. The average Bonchev–Trinajstić information content (AvgIpc) is 3.15. The SMILES string of the molecule is O=C(NCCC1=CCCCC1)c1cnc2sc(N3CCOCC3)nn2c1=O. The molecule has 1 N–H and O–H groups in total. The van der Waals surface area contributed by atoms with E-state index in [0.717, 1.165) is 37.5 Å². The standard InChI is InChI=1S/C18H23N5O3S/c24-15(19-7-6-13-4-2-1-3-5-13)14-12-20-17-23(16(14)25)21-18(27-17)22-8-10-26-11-9-22/h4,12H,1-3,5-11H2,(H,19,24). The number of allylic oxidation sites excluding steroid dienone is 1.